The number of hydrogen-bond donors (Lipinski definition) is 3. The molecule has 0 aromatic heterocycles. The third kappa shape index (κ3) is 7.23. The molecule has 3 N–H and O–H groups in total. The minimum absolute atomic E-state index is 0.0471. The van der Waals surface area contributed by atoms with E-state index in [9.17, 15) is 9.59 Å². The summed E-state index contributed by atoms with van der Waals surface area (Å²) in [5, 5.41) is 14.1. The Kier molecular flexibility index (Phi) is 6.72. The van der Waals surface area contributed by atoms with Crippen LogP contribution in [0, 0.1) is 0 Å². The van der Waals surface area contributed by atoms with Crippen LogP contribution < -0.4 is 10.6 Å². The maximum absolute atomic E-state index is 11.5. The summed E-state index contributed by atoms with van der Waals surface area (Å²) in [5.41, 5.74) is -0.390. The zero-order chi connectivity index (χ0) is 12.6. The number of aliphatic hydroxyl groups is 1. The predicted octanol–water partition coefficient (Wildman–Crippen LogP) is 0.180. The highest BCUT2D eigenvalue weighted by molar-refractivity contribution is 5.79. The van der Waals surface area contributed by atoms with Gasteiger partial charge in [0.2, 0.25) is 11.8 Å². The first-order valence-corrected chi connectivity index (χ1v) is 5.54. The molecule has 5 heteroatoms. The molecule has 0 heterocycles. The molecular weight excluding hydrogens is 208 g/mol. The van der Waals surface area contributed by atoms with E-state index in [1.165, 1.54) is 0 Å². The summed E-state index contributed by atoms with van der Waals surface area (Å²) >= 11 is 0. The van der Waals surface area contributed by atoms with E-state index < -0.39 is 5.54 Å². The molecule has 0 aliphatic carbocycles. The third-order valence-electron chi connectivity index (χ3n) is 2.30. The van der Waals surface area contributed by atoms with Gasteiger partial charge in [0.15, 0.2) is 0 Å². The van der Waals surface area contributed by atoms with Crippen LogP contribution in [0.5, 0.6) is 0 Å². The molecule has 0 aliphatic heterocycles. The molecule has 0 saturated heterocycles. The smallest absolute Gasteiger partial charge is 0.220 e. The van der Waals surface area contributed by atoms with Crippen LogP contribution in [0.1, 0.15) is 39.5 Å². The van der Waals surface area contributed by atoms with Crippen molar-refractivity contribution in [3.05, 3.63) is 0 Å². The summed E-state index contributed by atoms with van der Waals surface area (Å²) in [5.74, 6) is -0.134. The highest BCUT2D eigenvalue weighted by Gasteiger charge is 2.19. The molecule has 0 spiro atoms. The van der Waals surface area contributed by atoms with Gasteiger partial charge >= 0.3 is 0 Å². The monoisotopic (exact) mass is 230 g/mol. The van der Waals surface area contributed by atoms with E-state index >= 15 is 0 Å². The van der Waals surface area contributed by atoms with Crippen molar-refractivity contribution in [2.24, 2.45) is 0 Å². The van der Waals surface area contributed by atoms with Crippen molar-refractivity contribution < 1.29 is 14.7 Å². The van der Waals surface area contributed by atoms with E-state index in [4.69, 9.17) is 5.11 Å². The molecule has 0 bridgehead atoms. The zero-order valence-electron chi connectivity index (χ0n) is 10.3. The number of carbonyl (C=O) groups excluding carboxylic acids is 2. The highest BCUT2D eigenvalue weighted by atomic mass is 16.3. The molecule has 16 heavy (non-hydrogen) atoms. The molecule has 0 fully saturated rings. The Morgan fingerprint density at radius 3 is 2.25 bits per heavy atom. The second-order valence-electron chi connectivity index (χ2n) is 4.43. The van der Waals surface area contributed by atoms with Crippen molar-refractivity contribution in [1.82, 2.24) is 10.6 Å². The second-order valence-corrected chi connectivity index (χ2v) is 4.43. The Labute approximate surface area is 96.6 Å². The topological polar surface area (TPSA) is 78.4 Å². The van der Waals surface area contributed by atoms with Gasteiger partial charge in [-0.1, -0.05) is 0 Å². The Bertz CT molecular complexity index is 239. The molecular formula is C11H22N2O3. The fourth-order valence-corrected chi connectivity index (χ4v) is 1.32. The molecule has 0 rings (SSSR count). The molecule has 0 aliphatic rings. The molecule has 0 aromatic carbocycles. The van der Waals surface area contributed by atoms with Gasteiger partial charge in [-0.05, 0) is 26.7 Å². The standard InChI is InChI=1S/C11H22N2O3/c1-11(2,7-8-14)13-10(16)6-4-5-9(15)12-3/h14H,4-8H2,1-3H3,(H,12,15)(H,13,16). The van der Waals surface area contributed by atoms with E-state index in [1.54, 1.807) is 7.05 Å². The first kappa shape index (κ1) is 14.9. The van der Waals surface area contributed by atoms with Crippen molar-refractivity contribution in [1.29, 1.82) is 0 Å². The van der Waals surface area contributed by atoms with E-state index in [-0.39, 0.29) is 18.4 Å². The van der Waals surface area contributed by atoms with E-state index in [0.29, 0.717) is 25.7 Å². The Morgan fingerprint density at radius 2 is 1.75 bits per heavy atom. The van der Waals surface area contributed by atoms with E-state index in [0.717, 1.165) is 0 Å². The van der Waals surface area contributed by atoms with Crippen LogP contribution >= 0.6 is 0 Å². The lowest BCUT2D eigenvalue weighted by Crippen LogP contribution is -2.44. The Hall–Kier alpha value is -1.10. The SMILES string of the molecule is CNC(=O)CCCC(=O)NC(C)(C)CCO. The second kappa shape index (κ2) is 7.22. The summed E-state index contributed by atoms with van der Waals surface area (Å²) in [6, 6.07) is 0. The van der Waals surface area contributed by atoms with Gasteiger partial charge in [0, 0.05) is 32.0 Å². The van der Waals surface area contributed by atoms with Gasteiger partial charge in [0.05, 0.1) is 0 Å². The van der Waals surface area contributed by atoms with E-state index in [1.807, 2.05) is 13.8 Å². The van der Waals surface area contributed by atoms with Crippen LogP contribution in [0.2, 0.25) is 0 Å². The third-order valence-corrected chi connectivity index (χ3v) is 2.30. The quantitative estimate of drug-likeness (QED) is 0.584. The maximum atomic E-state index is 11.5. The molecule has 2 amide bonds. The molecule has 0 atom stereocenters. The number of hydrogen-bond acceptors (Lipinski definition) is 3. The number of rotatable bonds is 7. The van der Waals surface area contributed by atoms with E-state index in [2.05, 4.69) is 10.6 Å². The Morgan fingerprint density at radius 1 is 1.19 bits per heavy atom. The van der Waals surface area contributed by atoms with Crippen molar-refractivity contribution in [3.8, 4) is 0 Å². The van der Waals surface area contributed by atoms with Crippen molar-refractivity contribution >= 4 is 11.8 Å². The average Bonchev–Trinajstić information content (AvgIpc) is 2.16. The van der Waals surface area contributed by atoms with Gasteiger partial charge in [-0.2, -0.15) is 0 Å². The largest absolute Gasteiger partial charge is 0.396 e. The van der Waals surface area contributed by atoms with Gasteiger partial charge in [-0.3, -0.25) is 9.59 Å². The van der Waals surface area contributed by atoms with Crippen LogP contribution in [0.3, 0.4) is 0 Å². The molecule has 5 nitrogen and oxygen atoms in total. The predicted molar refractivity (Wildman–Crippen MR) is 61.8 cm³/mol. The number of carbonyl (C=O) groups is 2. The molecule has 94 valence electrons. The average molecular weight is 230 g/mol. The van der Waals surface area contributed by atoms with Gasteiger partial charge < -0.3 is 15.7 Å². The first-order valence-electron chi connectivity index (χ1n) is 5.54. The summed E-state index contributed by atoms with van der Waals surface area (Å²) in [4.78, 5) is 22.4. The van der Waals surface area contributed by atoms with Crippen LogP contribution in [0.4, 0.5) is 0 Å². The van der Waals surface area contributed by atoms with Gasteiger partial charge in [0.1, 0.15) is 0 Å². The highest BCUT2D eigenvalue weighted by Crippen LogP contribution is 2.08. The summed E-state index contributed by atoms with van der Waals surface area (Å²) in [6.07, 6.45) is 1.77. The van der Waals surface area contributed by atoms with Crippen molar-refractivity contribution in [3.63, 3.8) is 0 Å². The minimum atomic E-state index is -0.390. The van der Waals surface area contributed by atoms with Gasteiger partial charge in [-0.15, -0.1) is 0 Å². The fourth-order valence-electron chi connectivity index (χ4n) is 1.32. The summed E-state index contributed by atoms with van der Waals surface area (Å²) < 4.78 is 0. The number of amides is 2. The number of nitrogens with one attached hydrogen (secondary N) is 2. The van der Waals surface area contributed by atoms with Gasteiger partial charge in [0.25, 0.3) is 0 Å². The lowest BCUT2D eigenvalue weighted by atomic mass is 10.0. The van der Waals surface area contributed by atoms with Gasteiger partial charge in [-0.25, -0.2) is 0 Å². The lowest BCUT2D eigenvalue weighted by molar-refractivity contribution is -0.123. The summed E-state index contributed by atoms with van der Waals surface area (Å²) in [6.45, 7) is 3.77. The molecule has 0 saturated carbocycles. The van der Waals surface area contributed by atoms with Crippen molar-refractivity contribution in [2.75, 3.05) is 13.7 Å². The lowest BCUT2D eigenvalue weighted by Gasteiger charge is -2.25. The molecule has 0 unspecified atom stereocenters. The van der Waals surface area contributed by atoms with Crippen LogP contribution in [-0.4, -0.2) is 36.1 Å². The first-order chi connectivity index (χ1) is 7.41. The fraction of sp³-hybridized carbons (Fsp3) is 0.818. The summed E-state index contributed by atoms with van der Waals surface area (Å²) in [7, 11) is 1.58. The Balaban J connectivity index is 3.78. The van der Waals surface area contributed by atoms with Crippen LogP contribution in [-0.2, 0) is 9.59 Å². The van der Waals surface area contributed by atoms with Crippen LogP contribution in [0.25, 0.3) is 0 Å². The zero-order valence-corrected chi connectivity index (χ0v) is 10.3. The van der Waals surface area contributed by atoms with Crippen molar-refractivity contribution in [2.45, 2.75) is 45.1 Å². The maximum Gasteiger partial charge on any atom is 0.220 e. The minimum Gasteiger partial charge on any atom is -0.396 e. The number of aliphatic hydroxyl groups excluding tert-OH is 1. The molecule has 0 aromatic rings. The normalized spacial score (nSPS) is 11.0. The molecule has 0 radical (unpaired) electrons. The van der Waals surface area contributed by atoms with Crippen LogP contribution in [0.15, 0.2) is 0 Å².